The predicted molar refractivity (Wildman–Crippen MR) is 81.0 cm³/mol. The Morgan fingerprint density at radius 1 is 1.04 bits per heavy atom. The molecule has 128 valence electrons. The predicted octanol–water partition coefficient (Wildman–Crippen LogP) is 5.69. The summed E-state index contributed by atoms with van der Waals surface area (Å²) in [6.07, 6.45) is -9.67. The molecule has 1 heterocycles. The van der Waals surface area contributed by atoms with Crippen LogP contribution in [-0.4, -0.2) is 9.78 Å². The number of benzene rings is 1. The van der Waals surface area contributed by atoms with Crippen molar-refractivity contribution in [3.05, 3.63) is 42.7 Å². The van der Waals surface area contributed by atoms with Crippen molar-refractivity contribution in [2.45, 2.75) is 12.4 Å². The topological polar surface area (TPSA) is 41.6 Å². The first kappa shape index (κ1) is 19.1. The number of hydrogen-bond acceptors (Lipinski definition) is 2. The molecule has 2 rings (SSSR count). The third kappa shape index (κ3) is 3.43. The van der Waals surface area contributed by atoms with Gasteiger partial charge in [-0.25, -0.2) is 4.68 Å². The maximum atomic E-state index is 12.9. The van der Waals surface area contributed by atoms with Gasteiger partial charge >= 0.3 is 12.4 Å². The molecule has 0 bridgehead atoms. The van der Waals surface area contributed by atoms with E-state index in [1.54, 1.807) is 0 Å². The molecule has 24 heavy (non-hydrogen) atoms. The van der Waals surface area contributed by atoms with Crippen LogP contribution in [0.4, 0.5) is 26.3 Å². The Balaban J connectivity index is 2.75. The van der Waals surface area contributed by atoms with Gasteiger partial charge in [-0.2, -0.15) is 36.7 Å². The zero-order valence-corrected chi connectivity index (χ0v) is 14.6. The van der Waals surface area contributed by atoms with Gasteiger partial charge in [-0.05, 0) is 34.7 Å². The molecule has 0 aliphatic carbocycles. The first-order chi connectivity index (χ1) is 10.9. The third-order valence-corrected chi connectivity index (χ3v) is 4.34. The van der Waals surface area contributed by atoms with E-state index >= 15 is 0 Å². The monoisotopic (exact) mass is 499 g/mol. The largest absolute Gasteiger partial charge is 0.436 e. The third-order valence-electron chi connectivity index (χ3n) is 2.77. The Hall–Kier alpha value is -1.19. The molecule has 0 spiro atoms. The average molecular weight is 500 g/mol. The molecule has 2 aromatic rings. The lowest BCUT2D eigenvalue weighted by Crippen LogP contribution is -2.10. The van der Waals surface area contributed by atoms with Crippen LogP contribution in [0, 0.1) is 15.0 Å². The molecule has 1 aromatic heterocycles. The second kappa shape index (κ2) is 6.27. The second-order valence-corrected chi connectivity index (χ2v) is 6.16. The van der Waals surface area contributed by atoms with Crippen molar-refractivity contribution in [1.82, 2.24) is 9.78 Å². The normalized spacial score (nSPS) is 12.3. The Morgan fingerprint density at radius 2 is 1.54 bits per heavy atom. The fourth-order valence-electron chi connectivity index (χ4n) is 1.77. The first-order valence-electron chi connectivity index (χ1n) is 5.70. The van der Waals surface area contributed by atoms with Crippen molar-refractivity contribution in [2.24, 2.45) is 0 Å². The molecule has 12 heteroatoms. The minimum absolute atomic E-state index is 0.286. The van der Waals surface area contributed by atoms with E-state index in [0.29, 0.717) is 16.8 Å². The summed E-state index contributed by atoms with van der Waals surface area (Å²) in [5.41, 5.74) is -3.82. The van der Waals surface area contributed by atoms with Gasteiger partial charge in [0.05, 0.1) is 15.6 Å². The molecule has 3 nitrogen and oxygen atoms in total. The summed E-state index contributed by atoms with van der Waals surface area (Å²) in [6, 6.07) is 2.39. The van der Waals surface area contributed by atoms with Crippen LogP contribution in [0.25, 0.3) is 5.69 Å². The van der Waals surface area contributed by atoms with Gasteiger partial charge < -0.3 is 0 Å². The number of halogens is 9. The maximum Gasteiger partial charge on any atom is 0.436 e. The molecular formula is C12H2Cl2F6IN3. The Labute approximate surface area is 153 Å². The average Bonchev–Trinajstić information content (AvgIpc) is 2.74. The lowest BCUT2D eigenvalue weighted by molar-refractivity contribution is -0.141. The molecule has 0 aliphatic heterocycles. The molecule has 0 saturated carbocycles. The van der Waals surface area contributed by atoms with Crippen LogP contribution >= 0.6 is 45.8 Å². The molecule has 0 saturated heterocycles. The number of rotatable bonds is 1. The van der Waals surface area contributed by atoms with Gasteiger partial charge in [0, 0.05) is 0 Å². The number of nitriles is 1. The van der Waals surface area contributed by atoms with Crippen LogP contribution in [0.5, 0.6) is 0 Å². The second-order valence-electron chi connectivity index (χ2n) is 4.32. The van der Waals surface area contributed by atoms with Crippen molar-refractivity contribution in [1.29, 1.82) is 5.26 Å². The summed E-state index contributed by atoms with van der Waals surface area (Å²) in [4.78, 5) is 0. The molecule has 0 fully saturated rings. The first-order valence-corrected chi connectivity index (χ1v) is 7.53. The minimum Gasteiger partial charge on any atom is -0.223 e. The van der Waals surface area contributed by atoms with Crippen molar-refractivity contribution in [3.8, 4) is 11.8 Å². The fraction of sp³-hybridized carbons (Fsp3) is 0.167. The van der Waals surface area contributed by atoms with Gasteiger partial charge in [-0.15, -0.1) is 0 Å². The summed E-state index contributed by atoms with van der Waals surface area (Å²) in [7, 11) is 0. The SMILES string of the molecule is N#Cc1c(C(F)(F)F)nn(-c2c(Cl)cc(C(F)(F)F)cc2Cl)c1I. The quantitative estimate of drug-likeness (QED) is 0.373. The molecule has 0 radical (unpaired) electrons. The van der Waals surface area contributed by atoms with Crippen LogP contribution in [0.1, 0.15) is 16.8 Å². The minimum atomic E-state index is -4.93. The zero-order chi connectivity index (χ0) is 18.4. The molecular weight excluding hydrogens is 498 g/mol. The highest BCUT2D eigenvalue weighted by molar-refractivity contribution is 14.1. The van der Waals surface area contributed by atoms with Gasteiger partial charge in [0.2, 0.25) is 0 Å². The fourth-order valence-corrected chi connectivity index (χ4v) is 3.15. The number of alkyl halides is 6. The lowest BCUT2D eigenvalue weighted by Gasteiger charge is -2.13. The Bertz CT molecular complexity index is 827. The number of nitrogens with zero attached hydrogens (tertiary/aromatic N) is 3. The Morgan fingerprint density at radius 3 is 1.88 bits per heavy atom. The van der Waals surface area contributed by atoms with E-state index in [1.807, 2.05) is 0 Å². The van der Waals surface area contributed by atoms with Gasteiger partial charge in [-0.3, -0.25) is 0 Å². The summed E-state index contributed by atoms with van der Waals surface area (Å²) >= 11 is 12.9. The summed E-state index contributed by atoms with van der Waals surface area (Å²) < 4.78 is 77.2. The van der Waals surface area contributed by atoms with Crippen molar-refractivity contribution < 1.29 is 26.3 Å². The number of hydrogen-bond donors (Lipinski definition) is 0. The van der Waals surface area contributed by atoms with Crippen LogP contribution in [-0.2, 0) is 12.4 Å². The van der Waals surface area contributed by atoms with Gasteiger partial charge in [0.1, 0.15) is 21.0 Å². The van der Waals surface area contributed by atoms with Gasteiger partial charge in [-0.1, -0.05) is 23.2 Å². The van der Waals surface area contributed by atoms with Crippen LogP contribution in [0.2, 0.25) is 10.0 Å². The van der Waals surface area contributed by atoms with Gasteiger partial charge in [0.25, 0.3) is 0 Å². The summed E-state index contributed by atoms with van der Waals surface area (Å²) in [5, 5.41) is 11.0. The molecule has 0 atom stereocenters. The van der Waals surface area contributed by atoms with Crippen molar-refractivity contribution >= 4 is 45.8 Å². The molecule has 0 aliphatic rings. The Kier molecular flexibility index (Phi) is 5.00. The smallest absolute Gasteiger partial charge is 0.223 e. The van der Waals surface area contributed by atoms with E-state index in [2.05, 4.69) is 5.10 Å². The van der Waals surface area contributed by atoms with E-state index < -0.39 is 39.2 Å². The maximum absolute atomic E-state index is 12.9. The van der Waals surface area contributed by atoms with Crippen LogP contribution < -0.4 is 0 Å². The summed E-state index contributed by atoms with van der Waals surface area (Å²) in [6.45, 7) is 0. The highest BCUT2D eigenvalue weighted by atomic mass is 127. The van der Waals surface area contributed by atoms with Crippen molar-refractivity contribution in [3.63, 3.8) is 0 Å². The lowest BCUT2D eigenvalue weighted by atomic mass is 10.2. The molecule has 1 aromatic carbocycles. The van der Waals surface area contributed by atoms with E-state index in [4.69, 9.17) is 28.5 Å². The molecule has 0 amide bonds. The highest BCUT2D eigenvalue weighted by Crippen LogP contribution is 2.40. The van der Waals surface area contributed by atoms with E-state index in [1.165, 1.54) is 28.7 Å². The summed E-state index contributed by atoms with van der Waals surface area (Å²) in [5.74, 6) is 0. The zero-order valence-electron chi connectivity index (χ0n) is 10.9. The van der Waals surface area contributed by atoms with Crippen molar-refractivity contribution in [2.75, 3.05) is 0 Å². The van der Waals surface area contributed by atoms with Crippen LogP contribution in [0.3, 0.4) is 0 Å². The van der Waals surface area contributed by atoms with E-state index in [0.717, 1.165) is 0 Å². The number of aromatic nitrogens is 2. The van der Waals surface area contributed by atoms with E-state index in [9.17, 15) is 26.3 Å². The molecule has 0 unspecified atom stereocenters. The van der Waals surface area contributed by atoms with Crippen LogP contribution in [0.15, 0.2) is 12.1 Å². The standard InChI is InChI=1S/C12H2Cl2F6IN3/c13-6-1-4(11(15,16)17)2-7(14)8(6)24-10(21)5(3-22)9(23-24)12(18,19)20/h1-2H. The van der Waals surface area contributed by atoms with E-state index in [-0.39, 0.29) is 9.39 Å². The highest BCUT2D eigenvalue weighted by Gasteiger charge is 2.40. The molecule has 0 N–H and O–H groups in total. The van der Waals surface area contributed by atoms with Gasteiger partial charge in [0.15, 0.2) is 5.69 Å².